The quantitative estimate of drug-likeness (QED) is 0.613. The smallest absolute Gasteiger partial charge is 0.332 e. The summed E-state index contributed by atoms with van der Waals surface area (Å²) in [4.78, 5) is 24.3. The van der Waals surface area contributed by atoms with Crippen LogP contribution < -0.4 is 5.32 Å². The number of aliphatic hydroxyl groups is 1. The highest BCUT2D eigenvalue weighted by atomic mass is 16.5. The third-order valence-corrected chi connectivity index (χ3v) is 3.56. The summed E-state index contributed by atoms with van der Waals surface area (Å²) in [6.07, 6.45) is 0.0374. The average Bonchev–Trinajstić information content (AvgIpc) is 2.94. The lowest BCUT2D eigenvalue weighted by Gasteiger charge is -2.34. The number of ether oxygens (including phenoxy) is 2. The van der Waals surface area contributed by atoms with E-state index in [1.54, 1.807) is 0 Å². The molecule has 2 heterocycles. The molecule has 0 aromatic rings. The molecule has 8 nitrogen and oxygen atoms in total. The Hall–Kier alpha value is -1.38. The number of carbonyl (C=O) groups is 2. The standard InChI is InChI=1S/C12H20N2O6/c15-6-8-7-19-4-3-14(8)12(18)13-5-9-1-2-10(20-9)11(16)17/h8-10,15H,1-7H2,(H,13,18)(H,16,17). The van der Waals surface area contributed by atoms with Gasteiger partial charge in [-0.25, -0.2) is 9.59 Å². The van der Waals surface area contributed by atoms with E-state index in [-0.39, 0.29) is 31.3 Å². The van der Waals surface area contributed by atoms with Gasteiger partial charge in [-0.05, 0) is 12.8 Å². The summed E-state index contributed by atoms with van der Waals surface area (Å²) < 4.78 is 10.5. The molecule has 8 heteroatoms. The van der Waals surface area contributed by atoms with Crippen LogP contribution in [-0.2, 0) is 14.3 Å². The predicted molar refractivity (Wildman–Crippen MR) is 67.3 cm³/mol. The topological polar surface area (TPSA) is 108 Å². The number of carboxylic acids is 1. The van der Waals surface area contributed by atoms with E-state index in [4.69, 9.17) is 14.6 Å². The number of amides is 2. The molecule has 0 bridgehead atoms. The molecule has 0 aromatic carbocycles. The van der Waals surface area contributed by atoms with Gasteiger partial charge in [-0.15, -0.1) is 0 Å². The van der Waals surface area contributed by atoms with Crippen LogP contribution in [0.2, 0.25) is 0 Å². The first kappa shape index (κ1) is 15.0. The minimum absolute atomic E-state index is 0.144. The summed E-state index contributed by atoms with van der Waals surface area (Å²) in [6.45, 7) is 1.34. The summed E-state index contributed by atoms with van der Waals surface area (Å²) in [5, 5.41) is 20.7. The van der Waals surface area contributed by atoms with Crippen molar-refractivity contribution in [3.63, 3.8) is 0 Å². The summed E-state index contributed by atoms with van der Waals surface area (Å²) in [5.41, 5.74) is 0. The second-order valence-electron chi connectivity index (χ2n) is 4.95. The van der Waals surface area contributed by atoms with Crippen LogP contribution in [0.4, 0.5) is 4.79 Å². The minimum Gasteiger partial charge on any atom is -0.479 e. The van der Waals surface area contributed by atoms with E-state index in [9.17, 15) is 14.7 Å². The number of carboxylic acid groups (broad SMARTS) is 1. The summed E-state index contributed by atoms with van der Waals surface area (Å²) in [7, 11) is 0. The Bertz CT molecular complexity index is 364. The number of urea groups is 1. The Morgan fingerprint density at radius 2 is 2.15 bits per heavy atom. The van der Waals surface area contributed by atoms with Crippen LogP contribution in [0.15, 0.2) is 0 Å². The summed E-state index contributed by atoms with van der Waals surface area (Å²) >= 11 is 0. The van der Waals surface area contributed by atoms with Gasteiger partial charge >= 0.3 is 12.0 Å². The number of morpholine rings is 1. The van der Waals surface area contributed by atoms with Crippen molar-refractivity contribution in [2.75, 3.05) is 32.9 Å². The van der Waals surface area contributed by atoms with Crippen molar-refractivity contribution in [1.82, 2.24) is 10.2 Å². The zero-order chi connectivity index (χ0) is 14.5. The molecule has 2 amide bonds. The second-order valence-corrected chi connectivity index (χ2v) is 4.95. The van der Waals surface area contributed by atoms with Gasteiger partial charge in [0, 0.05) is 13.1 Å². The van der Waals surface area contributed by atoms with Gasteiger partial charge in [0.05, 0.1) is 32.0 Å². The monoisotopic (exact) mass is 288 g/mol. The maximum atomic E-state index is 12.0. The third kappa shape index (κ3) is 3.59. The normalized spacial score (nSPS) is 30.2. The van der Waals surface area contributed by atoms with Gasteiger partial charge < -0.3 is 29.9 Å². The van der Waals surface area contributed by atoms with Gasteiger partial charge in [-0.3, -0.25) is 0 Å². The molecule has 3 N–H and O–H groups in total. The van der Waals surface area contributed by atoms with Crippen molar-refractivity contribution in [3.8, 4) is 0 Å². The van der Waals surface area contributed by atoms with Crippen LogP contribution in [0.5, 0.6) is 0 Å². The molecular formula is C12H20N2O6. The number of hydrogen-bond acceptors (Lipinski definition) is 5. The number of hydrogen-bond donors (Lipinski definition) is 3. The van der Waals surface area contributed by atoms with Crippen LogP contribution in [0.3, 0.4) is 0 Å². The first-order valence-electron chi connectivity index (χ1n) is 6.73. The zero-order valence-corrected chi connectivity index (χ0v) is 11.2. The van der Waals surface area contributed by atoms with Crippen LogP contribution in [0.1, 0.15) is 12.8 Å². The van der Waals surface area contributed by atoms with E-state index in [0.29, 0.717) is 32.6 Å². The van der Waals surface area contributed by atoms with Crippen molar-refractivity contribution in [2.24, 2.45) is 0 Å². The van der Waals surface area contributed by atoms with Crippen LogP contribution in [0, 0.1) is 0 Å². The Balaban J connectivity index is 1.76. The molecular weight excluding hydrogens is 268 g/mol. The van der Waals surface area contributed by atoms with E-state index >= 15 is 0 Å². The van der Waals surface area contributed by atoms with E-state index in [2.05, 4.69) is 5.32 Å². The first-order chi connectivity index (χ1) is 9.61. The van der Waals surface area contributed by atoms with Gasteiger partial charge in [-0.2, -0.15) is 0 Å². The lowest BCUT2D eigenvalue weighted by Crippen LogP contribution is -2.54. The van der Waals surface area contributed by atoms with E-state index < -0.39 is 12.1 Å². The maximum absolute atomic E-state index is 12.0. The Kier molecular flexibility index (Phi) is 5.16. The Labute approximate surface area is 116 Å². The van der Waals surface area contributed by atoms with E-state index in [1.807, 2.05) is 0 Å². The van der Waals surface area contributed by atoms with Gasteiger partial charge in [0.25, 0.3) is 0 Å². The molecule has 2 aliphatic rings. The van der Waals surface area contributed by atoms with Crippen molar-refractivity contribution < 1.29 is 29.3 Å². The molecule has 2 fully saturated rings. The molecule has 2 rings (SSSR count). The predicted octanol–water partition coefficient (Wildman–Crippen LogP) is -0.979. The van der Waals surface area contributed by atoms with Crippen LogP contribution in [-0.4, -0.2) is 78.3 Å². The summed E-state index contributed by atoms with van der Waals surface area (Å²) in [6, 6.07) is -0.616. The van der Waals surface area contributed by atoms with Crippen molar-refractivity contribution in [1.29, 1.82) is 0 Å². The Morgan fingerprint density at radius 3 is 2.80 bits per heavy atom. The molecule has 3 unspecified atom stereocenters. The highest BCUT2D eigenvalue weighted by Crippen LogP contribution is 2.19. The molecule has 3 atom stereocenters. The maximum Gasteiger partial charge on any atom is 0.332 e. The van der Waals surface area contributed by atoms with Crippen molar-refractivity contribution >= 4 is 12.0 Å². The molecule has 2 aliphatic heterocycles. The molecule has 20 heavy (non-hydrogen) atoms. The lowest BCUT2D eigenvalue weighted by molar-refractivity contribution is -0.149. The number of aliphatic carboxylic acids is 1. The number of nitrogens with zero attached hydrogens (tertiary/aromatic N) is 1. The Morgan fingerprint density at radius 1 is 1.35 bits per heavy atom. The SMILES string of the molecule is O=C(O)C1CCC(CNC(=O)N2CCOCC2CO)O1. The van der Waals surface area contributed by atoms with Crippen molar-refractivity contribution in [2.45, 2.75) is 31.1 Å². The highest BCUT2D eigenvalue weighted by molar-refractivity contribution is 5.75. The average molecular weight is 288 g/mol. The molecule has 0 radical (unpaired) electrons. The van der Waals surface area contributed by atoms with Gasteiger partial charge in [-0.1, -0.05) is 0 Å². The fraction of sp³-hybridized carbons (Fsp3) is 0.833. The van der Waals surface area contributed by atoms with E-state index in [1.165, 1.54) is 4.90 Å². The zero-order valence-electron chi connectivity index (χ0n) is 11.2. The summed E-state index contributed by atoms with van der Waals surface area (Å²) in [5.74, 6) is -0.965. The van der Waals surface area contributed by atoms with E-state index in [0.717, 1.165) is 0 Å². The lowest BCUT2D eigenvalue weighted by atomic mass is 10.2. The molecule has 0 spiro atoms. The number of rotatable bonds is 4. The third-order valence-electron chi connectivity index (χ3n) is 3.56. The molecule has 114 valence electrons. The molecule has 0 aromatic heterocycles. The van der Waals surface area contributed by atoms with Gasteiger partial charge in [0.15, 0.2) is 6.10 Å². The van der Waals surface area contributed by atoms with Gasteiger partial charge in [0.2, 0.25) is 0 Å². The fourth-order valence-electron chi connectivity index (χ4n) is 2.41. The minimum atomic E-state index is -0.965. The molecule has 0 aliphatic carbocycles. The van der Waals surface area contributed by atoms with Crippen LogP contribution in [0.25, 0.3) is 0 Å². The highest BCUT2D eigenvalue weighted by Gasteiger charge is 2.32. The molecule has 0 saturated carbocycles. The van der Waals surface area contributed by atoms with Crippen LogP contribution >= 0.6 is 0 Å². The second kappa shape index (κ2) is 6.87. The number of nitrogens with one attached hydrogen (secondary N) is 1. The number of carbonyl (C=O) groups excluding carboxylic acids is 1. The first-order valence-corrected chi connectivity index (χ1v) is 6.73. The molecule has 2 saturated heterocycles. The van der Waals surface area contributed by atoms with Gasteiger partial charge in [0.1, 0.15) is 0 Å². The van der Waals surface area contributed by atoms with Crippen molar-refractivity contribution in [3.05, 3.63) is 0 Å². The largest absolute Gasteiger partial charge is 0.479 e. The number of aliphatic hydroxyl groups excluding tert-OH is 1. The fourth-order valence-corrected chi connectivity index (χ4v) is 2.41.